The minimum atomic E-state index is -0.426. The predicted octanol–water partition coefficient (Wildman–Crippen LogP) is 1.52. The van der Waals surface area contributed by atoms with E-state index in [4.69, 9.17) is 4.84 Å². The molecule has 0 aliphatic rings. The standard InChI is InChI=1S/C10H9N3O3/c1-16-12-7-9(6-11-12)8-3-2-4-10(5-8)13(14)15/h2-7H,1H3. The number of aromatic nitrogens is 2. The first kappa shape index (κ1) is 10.2. The van der Waals surface area contributed by atoms with Crippen molar-refractivity contribution in [2.24, 2.45) is 0 Å². The van der Waals surface area contributed by atoms with Crippen LogP contribution in [0.4, 0.5) is 5.69 Å². The van der Waals surface area contributed by atoms with E-state index in [2.05, 4.69) is 5.10 Å². The van der Waals surface area contributed by atoms with Crippen LogP contribution in [0.1, 0.15) is 0 Å². The lowest BCUT2D eigenvalue weighted by molar-refractivity contribution is -0.384. The van der Waals surface area contributed by atoms with Crippen molar-refractivity contribution >= 4 is 5.69 Å². The monoisotopic (exact) mass is 219 g/mol. The Morgan fingerprint density at radius 3 is 2.88 bits per heavy atom. The van der Waals surface area contributed by atoms with Gasteiger partial charge < -0.3 is 4.84 Å². The Kier molecular flexibility index (Phi) is 2.55. The number of rotatable bonds is 3. The molecule has 0 unspecified atom stereocenters. The summed E-state index contributed by atoms with van der Waals surface area (Å²) in [6.45, 7) is 0. The van der Waals surface area contributed by atoms with Crippen molar-refractivity contribution in [1.29, 1.82) is 0 Å². The Labute approximate surface area is 91.2 Å². The second-order valence-corrected chi connectivity index (χ2v) is 3.12. The number of nitro benzene ring substituents is 1. The maximum absolute atomic E-state index is 10.6. The van der Waals surface area contributed by atoms with Gasteiger partial charge in [0.2, 0.25) is 0 Å². The Balaban J connectivity index is 2.40. The van der Waals surface area contributed by atoms with E-state index in [1.807, 2.05) is 0 Å². The minimum Gasteiger partial charge on any atom is -0.400 e. The predicted molar refractivity (Wildman–Crippen MR) is 56.8 cm³/mol. The largest absolute Gasteiger partial charge is 0.400 e. The van der Waals surface area contributed by atoms with Gasteiger partial charge >= 0.3 is 0 Å². The summed E-state index contributed by atoms with van der Waals surface area (Å²) < 4.78 is 0. The number of non-ortho nitro benzene ring substituents is 1. The highest BCUT2D eigenvalue weighted by Crippen LogP contribution is 2.22. The summed E-state index contributed by atoms with van der Waals surface area (Å²) in [6.07, 6.45) is 3.24. The van der Waals surface area contributed by atoms with E-state index in [0.717, 1.165) is 11.1 Å². The third-order valence-electron chi connectivity index (χ3n) is 2.14. The normalized spacial score (nSPS) is 10.1. The van der Waals surface area contributed by atoms with Gasteiger partial charge in [0, 0.05) is 17.7 Å². The van der Waals surface area contributed by atoms with Crippen LogP contribution < -0.4 is 4.84 Å². The van der Waals surface area contributed by atoms with E-state index in [-0.39, 0.29) is 5.69 Å². The van der Waals surface area contributed by atoms with Crippen LogP contribution in [-0.4, -0.2) is 22.0 Å². The van der Waals surface area contributed by atoms with Crippen LogP contribution in [-0.2, 0) is 0 Å². The van der Waals surface area contributed by atoms with Crippen LogP contribution in [0.3, 0.4) is 0 Å². The number of nitrogens with zero attached hydrogens (tertiary/aromatic N) is 3. The van der Waals surface area contributed by atoms with Gasteiger partial charge in [-0.05, 0) is 5.56 Å². The van der Waals surface area contributed by atoms with Crippen molar-refractivity contribution in [1.82, 2.24) is 9.94 Å². The van der Waals surface area contributed by atoms with Gasteiger partial charge in [0.25, 0.3) is 5.69 Å². The fraction of sp³-hybridized carbons (Fsp3) is 0.100. The molecule has 82 valence electrons. The second-order valence-electron chi connectivity index (χ2n) is 3.12. The van der Waals surface area contributed by atoms with Gasteiger partial charge in [-0.15, -0.1) is 9.94 Å². The van der Waals surface area contributed by atoms with Gasteiger partial charge in [-0.2, -0.15) is 0 Å². The van der Waals surface area contributed by atoms with Crippen molar-refractivity contribution in [3.05, 3.63) is 46.8 Å². The van der Waals surface area contributed by atoms with Crippen molar-refractivity contribution in [3.63, 3.8) is 0 Å². The van der Waals surface area contributed by atoms with E-state index in [1.54, 1.807) is 24.5 Å². The number of nitro groups is 1. The summed E-state index contributed by atoms with van der Waals surface area (Å²) >= 11 is 0. The summed E-state index contributed by atoms with van der Waals surface area (Å²) in [4.78, 5) is 16.3. The summed E-state index contributed by atoms with van der Waals surface area (Å²) in [5.41, 5.74) is 1.56. The third-order valence-corrected chi connectivity index (χ3v) is 2.14. The van der Waals surface area contributed by atoms with E-state index >= 15 is 0 Å². The molecule has 0 N–H and O–H groups in total. The van der Waals surface area contributed by atoms with Crippen LogP contribution >= 0.6 is 0 Å². The van der Waals surface area contributed by atoms with E-state index in [1.165, 1.54) is 24.1 Å². The average molecular weight is 219 g/mol. The molecule has 0 fully saturated rings. The van der Waals surface area contributed by atoms with Crippen LogP contribution in [0.15, 0.2) is 36.7 Å². The Morgan fingerprint density at radius 2 is 2.25 bits per heavy atom. The molecule has 16 heavy (non-hydrogen) atoms. The van der Waals surface area contributed by atoms with Crippen LogP contribution in [0.5, 0.6) is 0 Å². The van der Waals surface area contributed by atoms with Crippen molar-refractivity contribution in [3.8, 4) is 11.1 Å². The summed E-state index contributed by atoms with van der Waals surface area (Å²) in [5.74, 6) is 0. The van der Waals surface area contributed by atoms with Crippen LogP contribution in [0.2, 0.25) is 0 Å². The molecule has 0 amide bonds. The van der Waals surface area contributed by atoms with Gasteiger partial charge in [-0.25, -0.2) is 0 Å². The highest BCUT2D eigenvalue weighted by molar-refractivity contribution is 5.64. The molecular formula is C10H9N3O3. The Bertz CT molecular complexity index is 522. The van der Waals surface area contributed by atoms with Gasteiger partial charge in [-0.1, -0.05) is 12.1 Å². The highest BCUT2D eigenvalue weighted by Gasteiger charge is 2.08. The van der Waals surface area contributed by atoms with Crippen molar-refractivity contribution in [2.45, 2.75) is 0 Å². The lowest BCUT2D eigenvalue weighted by Crippen LogP contribution is -2.04. The molecule has 0 aliphatic carbocycles. The Hall–Kier alpha value is -2.37. The van der Waals surface area contributed by atoms with Gasteiger partial charge in [0.05, 0.1) is 17.3 Å². The lowest BCUT2D eigenvalue weighted by Gasteiger charge is -1.97. The van der Waals surface area contributed by atoms with Gasteiger partial charge in [-0.3, -0.25) is 10.1 Å². The first-order valence-electron chi connectivity index (χ1n) is 4.54. The van der Waals surface area contributed by atoms with Gasteiger partial charge in [0.1, 0.15) is 7.11 Å². The molecule has 0 bridgehead atoms. The van der Waals surface area contributed by atoms with Crippen LogP contribution in [0, 0.1) is 10.1 Å². The molecule has 1 heterocycles. The van der Waals surface area contributed by atoms with E-state index in [9.17, 15) is 10.1 Å². The maximum atomic E-state index is 10.6. The lowest BCUT2D eigenvalue weighted by atomic mass is 10.1. The molecule has 1 aromatic carbocycles. The van der Waals surface area contributed by atoms with E-state index in [0.29, 0.717) is 0 Å². The molecule has 0 spiro atoms. The van der Waals surface area contributed by atoms with E-state index < -0.39 is 4.92 Å². The molecule has 2 aromatic rings. The quantitative estimate of drug-likeness (QED) is 0.579. The summed E-state index contributed by atoms with van der Waals surface area (Å²) in [7, 11) is 1.49. The summed E-state index contributed by atoms with van der Waals surface area (Å²) in [6, 6.07) is 6.36. The summed E-state index contributed by atoms with van der Waals surface area (Å²) in [5, 5.41) is 14.5. The number of hydrogen-bond acceptors (Lipinski definition) is 4. The maximum Gasteiger partial charge on any atom is 0.270 e. The molecule has 6 nitrogen and oxygen atoms in total. The smallest absolute Gasteiger partial charge is 0.270 e. The second kappa shape index (κ2) is 4.01. The zero-order chi connectivity index (χ0) is 11.5. The van der Waals surface area contributed by atoms with Gasteiger partial charge in [0.15, 0.2) is 0 Å². The number of hydrogen-bond donors (Lipinski definition) is 0. The number of benzene rings is 1. The zero-order valence-electron chi connectivity index (χ0n) is 8.53. The molecule has 0 aliphatic heterocycles. The average Bonchev–Trinajstić information content (AvgIpc) is 2.77. The minimum absolute atomic E-state index is 0.0580. The fourth-order valence-corrected chi connectivity index (χ4v) is 1.35. The molecule has 0 saturated carbocycles. The molecule has 1 aromatic heterocycles. The molecular weight excluding hydrogens is 210 g/mol. The third kappa shape index (κ3) is 1.85. The molecule has 0 saturated heterocycles. The first-order valence-corrected chi connectivity index (χ1v) is 4.54. The first-order chi connectivity index (χ1) is 7.70. The fourth-order valence-electron chi connectivity index (χ4n) is 1.35. The highest BCUT2D eigenvalue weighted by atomic mass is 16.7. The van der Waals surface area contributed by atoms with Crippen molar-refractivity contribution in [2.75, 3.05) is 7.11 Å². The molecule has 6 heteroatoms. The molecule has 2 rings (SSSR count). The topological polar surface area (TPSA) is 70.2 Å². The Morgan fingerprint density at radius 1 is 1.44 bits per heavy atom. The SMILES string of the molecule is COn1cc(-c2cccc([N+](=O)[O-])c2)cn1. The molecule has 0 radical (unpaired) electrons. The van der Waals surface area contributed by atoms with Crippen LogP contribution in [0.25, 0.3) is 11.1 Å². The van der Waals surface area contributed by atoms with Crippen molar-refractivity contribution < 1.29 is 9.76 Å². The zero-order valence-corrected chi connectivity index (χ0v) is 8.53. The molecule has 0 atom stereocenters.